The molecule has 3 rings (SSSR count). The van der Waals surface area contributed by atoms with Gasteiger partial charge in [0.2, 0.25) is 0 Å². The molecule has 0 bridgehead atoms. The van der Waals surface area contributed by atoms with Crippen molar-refractivity contribution in [2.45, 2.75) is 31.4 Å². The van der Waals surface area contributed by atoms with Crippen molar-refractivity contribution in [3.8, 4) is 0 Å². The first-order valence-corrected chi connectivity index (χ1v) is 8.69. The van der Waals surface area contributed by atoms with Gasteiger partial charge in [-0.2, -0.15) is 0 Å². The van der Waals surface area contributed by atoms with Gasteiger partial charge in [-0.25, -0.2) is 0 Å². The monoisotopic (exact) mass is 379 g/mol. The van der Waals surface area contributed by atoms with Gasteiger partial charge in [0.25, 0.3) is 0 Å². The Morgan fingerprint density at radius 2 is 1.64 bits per heavy atom. The standard InChI is InChI=1S/C20H22ClNO2.ClH/c21-18-8-6-16(7-9-18)15-22-12-10-20(24,11-13-22)14-19(23)17-4-2-1-3-5-17;/h1-9,24H,10-15H2;1H. The lowest BCUT2D eigenvalue weighted by atomic mass is 9.85. The van der Waals surface area contributed by atoms with Crippen LogP contribution >= 0.6 is 24.0 Å². The minimum atomic E-state index is -0.885. The van der Waals surface area contributed by atoms with Gasteiger partial charge in [-0.1, -0.05) is 54.1 Å². The van der Waals surface area contributed by atoms with Gasteiger partial charge < -0.3 is 5.11 Å². The first-order valence-electron chi connectivity index (χ1n) is 8.32. The number of nitrogens with zero attached hydrogens (tertiary/aromatic N) is 1. The van der Waals surface area contributed by atoms with Crippen molar-refractivity contribution < 1.29 is 9.90 Å². The maximum absolute atomic E-state index is 12.3. The first-order chi connectivity index (χ1) is 11.5. The first kappa shape index (κ1) is 19.9. The summed E-state index contributed by atoms with van der Waals surface area (Å²) < 4.78 is 0. The number of carbonyl (C=O) groups excluding carboxylic acids is 1. The maximum Gasteiger partial charge on any atom is 0.165 e. The lowest BCUT2D eigenvalue weighted by Crippen LogP contribution is -2.45. The summed E-state index contributed by atoms with van der Waals surface area (Å²) in [6.07, 6.45) is 1.45. The van der Waals surface area contributed by atoms with Crippen LogP contribution in [0.2, 0.25) is 5.02 Å². The summed E-state index contributed by atoms with van der Waals surface area (Å²) in [6.45, 7) is 2.43. The van der Waals surface area contributed by atoms with Crippen molar-refractivity contribution in [2.24, 2.45) is 0 Å². The van der Waals surface area contributed by atoms with Crippen LogP contribution in [0.4, 0.5) is 0 Å². The number of piperidine rings is 1. The fraction of sp³-hybridized carbons (Fsp3) is 0.350. The molecule has 3 nitrogen and oxygen atoms in total. The fourth-order valence-electron chi connectivity index (χ4n) is 3.18. The van der Waals surface area contributed by atoms with Gasteiger partial charge in [-0.3, -0.25) is 9.69 Å². The van der Waals surface area contributed by atoms with E-state index in [0.717, 1.165) is 24.7 Å². The average Bonchev–Trinajstić information content (AvgIpc) is 2.60. The van der Waals surface area contributed by atoms with Crippen LogP contribution in [0, 0.1) is 0 Å². The predicted octanol–water partition coefficient (Wildman–Crippen LogP) is 4.36. The van der Waals surface area contributed by atoms with Crippen molar-refractivity contribution >= 4 is 29.8 Å². The molecule has 5 heteroatoms. The van der Waals surface area contributed by atoms with Crippen molar-refractivity contribution in [3.05, 3.63) is 70.7 Å². The molecule has 0 aromatic heterocycles. The molecule has 0 atom stereocenters. The maximum atomic E-state index is 12.3. The van der Waals surface area contributed by atoms with E-state index in [1.165, 1.54) is 5.56 Å². The quantitative estimate of drug-likeness (QED) is 0.784. The van der Waals surface area contributed by atoms with Gasteiger partial charge in [0.15, 0.2) is 5.78 Å². The molecule has 0 spiro atoms. The van der Waals surface area contributed by atoms with Gasteiger partial charge in [-0.15, -0.1) is 12.4 Å². The Morgan fingerprint density at radius 1 is 1.04 bits per heavy atom. The van der Waals surface area contributed by atoms with Gasteiger partial charge in [0, 0.05) is 36.6 Å². The zero-order valence-electron chi connectivity index (χ0n) is 14.0. The summed E-state index contributed by atoms with van der Waals surface area (Å²) in [4.78, 5) is 14.6. The lowest BCUT2D eigenvalue weighted by molar-refractivity contribution is -0.0241. The third-order valence-electron chi connectivity index (χ3n) is 4.69. The molecular weight excluding hydrogens is 357 g/mol. The summed E-state index contributed by atoms with van der Waals surface area (Å²) >= 11 is 5.91. The molecule has 134 valence electrons. The van der Waals surface area contributed by atoms with Crippen LogP contribution < -0.4 is 0 Å². The molecule has 0 amide bonds. The number of halogens is 2. The molecule has 1 aliphatic rings. The van der Waals surface area contributed by atoms with Gasteiger partial charge >= 0.3 is 0 Å². The number of hydrogen-bond donors (Lipinski definition) is 1. The smallest absolute Gasteiger partial charge is 0.165 e. The Balaban J connectivity index is 0.00000225. The number of carbonyl (C=O) groups is 1. The third kappa shape index (κ3) is 5.55. The van der Waals surface area contributed by atoms with Crippen LogP contribution in [-0.2, 0) is 6.54 Å². The zero-order valence-corrected chi connectivity index (χ0v) is 15.6. The average molecular weight is 380 g/mol. The number of Topliss-reactive ketones (excluding diaryl/α,β-unsaturated/α-hetero) is 1. The molecule has 25 heavy (non-hydrogen) atoms. The second-order valence-electron chi connectivity index (χ2n) is 6.59. The molecular formula is C20H23Cl2NO2. The van der Waals surface area contributed by atoms with E-state index in [1.807, 2.05) is 42.5 Å². The van der Waals surface area contributed by atoms with E-state index in [9.17, 15) is 9.90 Å². The highest BCUT2D eigenvalue weighted by atomic mass is 35.5. The molecule has 2 aromatic carbocycles. The highest BCUT2D eigenvalue weighted by Gasteiger charge is 2.34. The highest BCUT2D eigenvalue weighted by Crippen LogP contribution is 2.28. The molecule has 0 aliphatic carbocycles. The second-order valence-corrected chi connectivity index (χ2v) is 7.03. The summed E-state index contributed by atoms with van der Waals surface area (Å²) in [7, 11) is 0. The molecule has 1 saturated heterocycles. The van der Waals surface area contributed by atoms with Crippen LogP contribution in [0.5, 0.6) is 0 Å². The second kappa shape index (κ2) is 8.81. The van der Waals surface area contributed by atoms with Crippen LogP contribution in [0.1, 0.15) is 35.2 Å². The number of ketones is 1. The summed E-state index contributed by atoms with van der Waals surface area (Å²) in [5.74, 6) is 0.0178. The molecule has 1 heterocycles. The van der Waals surface area contributed by atoms with Crippen LogP contribution in [-0.4, -0.2) is 34.5 Å². The van der Waals surface area contributed by atoms with E-state index in [1.54, 1.807) is 12.1 Å². The summed E-state index contributed by atoms with van der Waals surface area (Å²) in [6, 6.07) is 17.1. The number of rotatable bonds is 5. The predicted molar refractivity (Wildman–Crippen MR) is 104 cm³/mol. The Kier molecular flexibility index (Phi) is 7.03. The third-order valence-corrected chi connectivity index (χ3v) is 4.94. The fourth-order valence-corrected chi connectivity index (χ4v) is 3.30. The number of hydrogen-bond acceptors (Lipinski definition) is 3. The van der Waals surface area contributed by atoms with Crippen LogP contribution in [0.25, 0.3) is 0 Å². The van der Waals surface area contributed by atoms with E-state index in [0.29, 0.717) is 18.4 Å². The van der Waals surface area contributed by atoms with Crippen molar-refractivity contribution in [1.29, 1.82) is 0 Å². The van der Waals surface area contributed by atoms with Crippen molar-refractivity contribution in [1.82, 2.24) is 4.90 Å². The minimum Gasteiger partial charge on any atom is -0.389 e. The number of likely N-dealkylation sites (tertiary alicyclic amines) is 1. The summed E-state index contributed by atoms with van der Waals surface area (Å²) in [5, 5.41) is 11.5. The van der Waals surface area contributed by atoms with Gasteiger partial charge in [0.1, 0.15) is 0 Å². The Hall–Kier alpha value is -1.39. The Morgan fingerprint density at radius 3 is 2.24 bits per heavy atom. The van der Waals surface area contributed by atoms with Crippen LogP contribution in [0.15, 0.2) is 54.6 Å². The van der Waals surface area contributed by atoms with Crippen LogP contribution in [0.3, 0.4) is 0 Å². The normalized spacial score (nSPS) is 16.9. The molecule has 1 aliphatic heterocycles. The van der Waals surface area contributed by atoms with E-state index in [-0.39, 0.29) is 24.6 Å². The van der Waals surface area contributed by atoms with E-state index >= 15 is 0 Å². The van der Waals surface area contributed by atoms with E-state index in [2.05, 4.69) is 4.90 Å². The van der Waals surface area contributed by atoms with Crippen molar-refractivity contribution in [2.75, 3.05) is 13.1 Å². The molecule has 0 saturated carbocycles. The van der Waals surface area contributed by atoms with Gasteiger partial charge in [-0.05, 0) is 30.5 Å². The van der Waals surface area contributed by atoms with E-state index in [4.69, 9.17) is 11.6 Å². The lowest BCUT2D eigenvalue weighted by Gasteiger charge is -2.38. The van der Waals surface area contributed by atoms with Gasteiger partial charge in [0.05, 0.1) is 5.60 Å². The summed E-state index contributed by atoms with van der Waals surface area (Å²) in [5.41, 5.74) is 1.00. The van der Waals surface area contributed by atoms with E-state index < -0.39 is 5.60 Å². The molecule has 1 fully saturated rings. The SMILES string of the molecule is Cl.O=C(CC1(O)CCN(Cc2ccc(Cl)cc2)CC1)c1ccccc1. The molecule has 0 radical (unpaired) electrons. The zero-order chi connectivity index (χ0) is 17.0. The Labute approximate surface area is 160 Å². The van der Waals surface area contributed by atoms with Crippen molar-refractivity contribution in [3.63, 3.8) is 0 Å². The highest BCUT2D eigenvalue weighted by molar-refractivity contribution is 6.30. The molecule has 2 aromatic rings. The Bertz CT molecular complexity index is 681. The topological polar surface area (TPSA) is 40.5 Å². The number of aliphatic hydroxyl groups is 1. The molecule has 1 N–H and O–H groups in total. The minimum absolute atomic E-state index is 0. The largest absolute Gasteiger partial charge is 0.389 e. The number of benzene rings is 2. The molecule has 0 unspecified atom stereocenters.